The van der Waals surface area contributed by atoms with Crippen molar-refractivity contribution in [3.63, 3.8) is 0 Å². The van der Waals surface area contributed by atoms with Gasteiger partial charge in [-0.2, -0.15) is 0 Å². The Morgan fingerprint density at radius 2 is 1.76 bits per heavy atom. The zero-order valence-corrected chi connectivity index (χ0v) is 12.8. The van der Waals surface area contributed by atoms with Gasteiger partial charge in [0.15, 0.2) is 0 Å². The van der Waals surface area contributed by atoms with E-state index in [1.165, 1.54) is 0 Å². The molecule has 0 atom stereocenters. The molecule has 2 rings (SSSR count). The number of carbonyl (C=O) groups is 1. The van der Waals surface area contributed by atoms with Crippen LogP contribution in [0.15, 0.2) is 48.5 Å². The highest BCUT2D eigenvalue weighted by Crippen LogP contribution is 2.18. The maximum absolute atomic E-state index is 12.4. The minimum absolute atomic E-state index is 0.0583. The second kappa shape index (κ2) is 6.93. The Labute approximate surface area is 126 Å². The summed E-state index contributed by atoms with van der Waals surface area (Å²) >= 11 is 0. The fourth-order valence-electron chi connectivity index (χ4n) is 2.32. The van der Waals surface area contributed by atoms with Crippen molar-refractivity contribution in [2.75, 3.05) is 20.7 Å². The van der Waals surface area contributed by atoms with Gasteiger partial charge in [-0.1, -0.05) is 36.4 Å². The number of amides is 1. The molecule has 0 unspecified atom stereocenters. The van der Waals surface area contributed by atoms with Crippen molar-refractivity contribution in [3.8, 4) is 5.75 Å². The van der Waals surface area contributed by atoms with Crippen molar-refractivity contribution in [2.45, 2.75) is 13.3 Å². The predicted octanol–water partition coefficient (Wildman–Crippen LogP) is 3.32. The lowest BCUT2D eigenvalue weighted by atomic mass is 10.1. The Morgan fingerprint density at radius 3 is 2.48 bits per heavy atom. The molecule has 0 aliphatic rings. The summed E-state index contributed by atoms with van der Waals surface area (Å²) in [5.41, 5.74) is 2.89. The number of benzene rings is 2. The zero-order valence-electron chi connectivity index (χ0n) is 12.8. The first-order valence-electron chi connectivity index (χ1n) is 7.06. The third-order valence-corrected chi connectivity index (χ3v) is 3.63. The molecule has 110 valence electrons. The van der Waals surface area contributed by atoms with E-state index in [0.717, 1.165) is 28.9 Å². The Balaban J connectivity index is 2.03. The zero-order chi connectivity index (χ0) is 15.2. The van der Waals surface area contributed by atoms with Crippen LogP contribution in [-0.2, 0) is 6.42 Å². The van der Waals surface area contributed by atoms with Crippen molar-refractivity contribution in [2.24, 2.45) is 0 Å². The molecule has 0 aromatic heterocycles. The summed E-state index contributed by atoms with van der Waals surface area (Å²) in [6.07, 6.45) is 0.776. The number of methoxy groups -OCH3 is 1. The molecule has 3 nitrogen and oxygen atoms in total. The Bertz CT molecular complexity index is 622. The van der Waals surface area contributed by atoms with Gasteiger partial charge in [-0.25, -0.2) is 0 Å². The molecule has 0 saturated heterocycles. The van der Waals surface area contributed by atoms with Crippen LogP contribution in [0.4, 0.5) is 0 Å². The molecule has 1 amide bonds. The number of aryl methyl sites for hydroxylation is 1. The van der Waals surface area contributed by atoms with Crippen LogP contribution in [0.2, 0.25) is 0 Å². The summed E-state index contributed by atoms with van der Waals surface area (Å²) in [6.45, 7) is 2.62. The number of hydrogen-bond acceptors (Lipinski definition) is 2. The van der Waals surface area contributed by atoms with E-state index in [1.54, 1.807) is 12.0 Å². The highest BCUT2D eigenvalue weighted by atomic mass is 16.5. The first kappa shape index (κ1) is 15.1. The summed E-state index contributed by atoms with van der Waals surface area (Å²) in [7, 11) is 3.51. The van der Waals surface area contributed by atoms with E-state index in [4.69, 9.17) is 4.74 Å². The quantitative estimate of drug-likeness (QED) is 0.842. The summed E-state index contributed by atoms with van der Waals surface area (Å²) in [5.74, 6) is 0.928. The molecule has 0 fully saturated rings. The number of likely N-dealkylation sites (N-methyl/N-ethyl adjacent to an activating group) is 1. The summed E-state index contributed by atoms with van der Waals surface area (Å²) < 4.78 is 5.34. The van der Waals surface area contributed by atoms with Crippen molar-refractivity contribution in [3.05, 3.63) is 65.2 Å². The van der Waals surface area contributed by atoms with Gasteiger partial charge in [-0.15, -0.1) is 0 Å². The van der Waals surface area contributed by atoms with E-state index in [0.29, 0.717) is 6.54 Å². The van der Waals surface area contributed by atoms with E-state index in [2.05, 4.69) is 0 Å². The van der Waals surface area contributed by atoms with Gasteiger partial charge in [-0.3, -0.25) is 4.79 Å². The van der Waals surface area contributed by atoms with Crippen LogP contribution in [0.3, 0.4) is 0 Å². The topological polar surface area (TPSA) is 29.5 Å². The second-order valence-electron chi connectivity index (χ2n) is 5.10. The van der Waals surface area contributed by atoms with Crippen LogP contribution in [0.25, 0.3) is 0 Å². The molecule has 0 aliphatic carbocycles. The maximum atomic E-state index is 12.4. The van der Waals surface area contributed by atoms with Crippen LogP contribution < -0.4 is 4.74 Å². The van der Waals surface area contributed by atoms with Gasteiger partial charge in [0.25, 0.3) is 5.91 Å². The van der Waals surface area contributed by atoms with Crippen LogP contribution in [0.1, 0.15) is 21.5 Å². The van der Waals surface area contributed by atoms with E-state index >= 15 is 0 Å². The molecule has 2 aromatic carbocycles. The Kier molecular flexibility index (Phi) is 4.99. The third-order valence-electron chi connectivity index (χ3n) is 3.63. The number of nitrogens with zero attached hydrogens (tertiary/aromatic N) is 1. The molecule has 2 aromatic rings. The van der Waals surface area contributed by atoms with Crippen LogP contribution in [-0.4, -0.2) is 31.5 Å². The standard InChI is InChI=1S/C18H21NO2/c1-14-8-4-6-10-16(14)18(20)19(2)13-12-15-9-5-7-11-17(15)21-3/h4-11H,12-13H2,1-3H3. The molecule has 0 saturated carbocycles. The second-order valence-corrected chi connectivity index (χ2v) is 5.10. The van der Waals surface area contributed by atoms with Crippen LogP contribution >= 0.6 is 0 Å². The van der Waals surface area contributed by atoms with Gasteiger partial charge >= 0.3 is 0 Å². The monoisotopic (exact) mass is 283 g/mol. The predicted molar refractivity (Wildman–Crippen MR) is 84.8 cm³/mol. The van der Waals surface area contributed by atoms with Gasteiger partial charge in [0.1, 0.15) is 5.75 Å². The number of ether oxygens (including phenoxy) is 1. The highest BCUT2D eigenvalue weighted by Gasteiger charge is 2.14. The molecular formula is C18H21NO2. The smallest absolute Gasteiger partial charge is 0.253 e. The average Bonchev–Trinajstić information content (AvgIpc) is 2.52. The molecular weight excluding hydrogens is 262 g/mol. The van der Waals surface area contributed by atoms with Crippen LogP contribution in [0.5, 0.6) is 5.75 Å². The SMILES string of the molecule is COc1ccccc1CCN(C)C(=O)c1ccccc1C. The molecule has 0 heterocycles. The summed E-state index contributed by atoms with van der Waals surface area (Å²) in [5, 5.41) is 0. The van der Waals surface area contributed by atoms with E-state index in [1.807, 2.05) is 62.5 Å². The number of carbonyl (C=O) groups excluding carboxylic acids is 1. The first-order chi connectivity index (χ1) is 10.1. The van der Waals surface area contributed by atoms with E-state index in [9.17, 15) is 4.79 Å². The van der Waals surface area contributed by atoms with Crippen molar-refractivity contribution < 1.29 is 9.53 Å². The third kappa shape index (κ3) is 3.63. The normalized spacial score (nSPS) is 10.2. The Morgan fingerprint density at radius 1 is 1.10 bits per heavy atom. The van der Waals surface area contributed by atoms with Gasteiger partial charge in [-0.05, 0) is 36.6 Å². The highest BCUT2D eigenvalue weighted by molar-refractivity contribution is 5.95. The van der Waals surface area contributed by atoms with Gasteiger partial charge in [0, 0.05) is 19.2 Å². The molecule has 0 aliphatic heterocycles. The first-order valence-corrected chi connectivity index (χ1v) is 7.06. The van der Waals surface area contributed by atoms with Crippen molar-refractivity contribution >= 4 is 5.91 Å². The van der Waals surface area contributed by atoms with Crippen molar-refractivity contribution in [1.29, 1.82) is 0 Å². The molecule has 0 spiro atoms. The minimum atomic E-state index is 0.0583. The van der Waals surface area contributed by atoms with E-state index < -0.39 is 0 Å². The maximum Gasteiger partial charge on any atom is 0.253 e. The molecule has 0 N–H and O–H groups in total. The Hall–Kier alpha value is -2.29. The van der Waals surface area contributed by atoms with Gasteiger partial charge in [0.2, 0.25) is 0 Å². The number of para-hydroxylation sites is 1. The summed E-state index contributed by atoms with van der Waals surface area (Å²) in [4.78, 5) is 14.2. The molecule has 0 radical (unpaired) electrons. The summed E-state index contributed by atoms with van der Waals surface area (Å²) in [6, 6.07) is 15.6. The fraction of sp³-hybridized carbons (Fsp3) is 0.278. The van der Waals surface area contributed by atoms with Gasteiger partial charge < -0.3 is 9.64 Å². The fourth-order valence-corrected chi connectivity index (χ4v) is 2.32. The largest absolute Gasteiger partial charge is 0.496 e. The molecule has 3 heteroatoms. The number of hydrogen-bond donors (Lipinski definition) is 0. The van der Waals surface area contributed by atoms with Crippen molar-refractivity contribution in [1.82, 2.24) is 4.90 Å². The van der Waals surface area contributed by atoms with Gasteiger partial charge in [0.05, 0.1) is 7.11 Å². The number of rotatable bonds is 5. The molecule has 0 bridgehead atoms. The van der Waals surface area contributed by atoms with Crippen LogP contribution in [0, 0.1) is 6.92 Å². The lowest BCUT2D eigenvalue weighted by molar-refractivity contribution is 0.0795. The van der Waals surface area contributed by atoms with E-state index in [-0.39, 0.29) is 5.91 Å². The lowest BCUT2D eigenvalue weighted by Crippen LogP contribution is -2.29. The minimum Gasteiger partial charge on any atom is -0.496 e. The lowest BCUT2D eigenvalue weighted by Gasteiger charge is -2.19. The molecule has 21 heavy (non-hydrogen) atoms. The average molecular weight is 283 g/mol.